The Morgan fingerprint density at radius 3 is 2.67 bits per heavy atom. The predicted molar refractivity (Wildman–Crippen MR) is 86.6 cm³/mol. The number of ether oxygens (including phenoxy) is 1. The third-order valence-electron chi connectivity index (χ3n) is 4.00. The molecule has 5 heteroatoms. The Hall–Kier alpha value is -0.910. The molecule has 2 heterocycles. The molecule has 4 nitrogen and oxygen atoms in total. The fraction of sp³-hybridized carbons (Fsp3) is 0.688. The van der Waals surface area contributed by atoms with Gasteiger partial charge in [-0.05, 0) is 58.0 Å². The molecule has 1 aromatic rings. The Morgan fingerprint density at radius 2 is 2.14 bits per heavy atom. The largest absolute Gasteiger partial charge is 0.368 e. The van der Waals surface area contributed by atoms with Crippen molar-refractivity contribution in [1.82, 2.24) is 10.6 Å². The third kappa shape index (κ3) is 4.28. The van der Waals surface area contributed by atoms with E-state index in [2.05, 4.69) is 56.7 Å². The first-order valence-electron chi connectivity index (χ1n) is 7.43. The molecule has 1 amide bonds. The summed E-state index contributed by atoms with van der Waals surface area (Å²) in [7, 11) is 0. The van der Waals surface area contributed by atoms with Gasteiger partial charge in [0.2, 0.25) is 5.91 Å². The maximum Gasteiger partial charge on any atom is 0.234 e. The normalized spacial score (nSPS) is 23.2. The quantitative estimate of drug-likeness (QED) is 0.879. The average Bonchev–Trinajstić information content (AvgIpc) is 2.84. The molecule has 118 valence electrons. The molecule has 0 aromatic carbocycles. The van der Waals surface area contributed by atoms with E-state index in [9.17, 15) is 4.79 Å². The van der Waals surface area contributed by atoms with Crippen LogP contribution in [0.2, 0.25) is 0 Å². The topological polar surface area (TPSA) is 50.4 Å². The van der Waals surface area contributed by atoms with E-state index in [0.717, 1.165) is 6.42 Å². The molecule has 1 aliphatic rings. The van der Waals surface area contributed by atoms with Crippen molar-refractivity contribution in [2.24, 2.45) is 0 Å². The summed E-state index contributed by atoms with van der Waals surface area (Å²) in [6.07, 6.45) is 0.914. The molecule has 0 spiro atoms. The van der Waals surface area contributed by atoms with Crippen molar-refractivity contribution in [1.29, 1.82) is 0 Å². The molecular weight excluding hydrogens is 284 g/mol. The number of amides is 1. The summed E-state index contributed by atoms with van der Waals surface area (Å²) in [6.45, 7) is 11.3. The number of nitrogens with one attached hydrogen (secondary N) is 2. The van der Waals surface area contributed by atoms with Gasteiger partial charge < -0.3 is 15.4 Å². The van der Waals surface area contributed by atoms with Crippen LogP contribution in [0, 0.1) is 6.92 Å². The van der Waals surface area contributed by atoms with Crippen molar-refractivity contribution in [3.05, 3.63) is 21.9 Å². The molecule has 1 atom stereocenters. The lowest BCUT2D eigenvalue weighted by atomic mass is 9.94. The van der Waals surface area contributed by atoms with Crippen molar-refractivity contribution in [3.63, 3.8) is 0 Å². The van der Waals surface area contributed by atoms with Crippen LogP contribution in [0.1, 0.15) is 44.6 Å². The fourth-order valence-electron chi connectivity index (χ4n) is 2.92. The molecule has 0 unspecified atom stereocenters. The number of carbonyl (C=O) groups is 1. The monoisotopic (exact) mass is 310 g/mol. The molecule has 1 aromatic heterocycles. The van der Waals surface area contributed by atoms with Crippen LogP contribution in [0.15, 0.2) is 11.4 Å². The summed E-state index contributed by atoms with van der Waals surface area (Å²) in [4.78, 5) is 13.2. The van der Waals surface area contributed by atoms with E-state index in [0.29, 0.717) is 13.1 Å². The van der Waals surface area contributed by atoms with E-state index in [1.807, 2.05) is 0 Å². The van der Waals surface area contributed by atoms with Crippen LogP contribution in [0.25, 0.3) is 0 Å². The van der Waals surface area contributed by atoms with Gasteiger partial charge in [0.05, 0.1) is 24.3 Å². The SMILES string of the molecule is Cc1ccsc1CNC(=O)CN[C@H]1CC(C)(C)OC1(C)C. The molecular formula is C16H26N2O2S. The van der Waals surface area contributed by atoms with Crippen molar-refractivity contribution < 1.29 is 9.53 Å². The van der Waals surface area contributed by atoms with Crippen molar-refractivity contribution in [2.75, 3.05) is 6.54 Å². The molecule has 1 aliphatic heterocycles. The number of hydrogen-bond acceptors (Lipinski definition) is 4. The van der Waals surface area contributed by atoms with Crippen LogP contribution in [0.5, 0.6) is 0 Å². The summed E-state index contributed by atoms with van der Waals surface area (Å²) in [5.41, 5.74) is 0.861. The highest BCUT2D eigenvalue weighted by Gasteiger charge is 2.45. The molecule has 21 heavy (non-hydrogen) atoms. The van der Waals surface area contributed by atoms with Crippen LogP contribution >= 0.6 is 11.3 Å². The zero-order chi connectivity index (χ0) is 15.7. The maximum atomic E-state index is 12.0. The molecule has 2 N–H and O–H groups in total. The summed E-state index contributed by atoms with van der Waals surface area (Å²) in [6, 6.07) is 2.27. The smallest absolute Gasteiger partial charge is 0.234 e. The van der Waals surface area contributed by atoms with Crippen LogP contribution in [-0.2, 0) is 16.1 Å². The van der Waals surface area contributed by atoms with Gasteiger partial charge in [0.15, 0.2) is 0 Å². The Morgan fingerprint density at radius 1 is 1.43 bits per heavy atom. The molecule has 2 rings (SSSR count). The Labute approximate surface area is 131 Å². The van der Waals surface area contributed by atoms with Gasteiger partial charge in [0.1, 0.15) is 0 Å². The van der Waals surface area contributed by atoms with Gasteiger partial charge in [0, 0.05) is 10.9 Å². The van der Waals surface area contributed by atoms with E-state index >= 15 is 0 Å². The van der Waals surface area contributed by atoms with E-state index in [1.54, 1.807) is 11.3 Å². The molecule has 0 aliphatic carbocycles. The zero-order valence-electron chi connectivity index (χ0n) is 13.6. The highest BCUT2D eigenvalue weighted by Crippen LogP contribution is 2.37. The van der Waals surface area contributed by atoms with Crippen LogP contribution in [0.3, 0.4) is 0 Å². The minimum Gasteiger partial charge on any atom is -0.368 e. The highest BCUT2D eigenvalue weighted by atomic mass is 32.1. The number of hydrogen-bond donors (Lipinski definition) is 2. The zero-order valence-corrected chi connectivity index (χ0v) is 14.4. The maximum absolute atomic E-state index is 12.0. The second-order valence-electron chi connectivity index (χ2n) is 6.91. The van der Waals surface area contributed by atoms with Crippen molar-refractivity contribution in [3.8, 4) is 0 Å². The second kappa shape index (κ2) is 6.07. The van der Waals surface area contributed by atoms with Gasteiger partial charge in [-0.15, -0.1) is 11.3 Å². The van der Waals surface area contributed by atoms with E-state index in [1.165, 1.54) is 10.4 Å². The van der Waals surface area contributed by atoms with Gasteiger partial charge in [-0.3, -0.25) is 4.79 Å². The number of rotatable bonds is 5. The van der Waals surface area contributed by atoms with Gasteiger partial charge >= 0.3 is 0 Å². The van der Waals surface area contributed by atoms with E-state index in [4.69, 9.17) is 4.74 Å². The molecule has 0 radical (unpaired) electrons. The number of carbonyl (C=O) groups excluding carboxylic acids is 1. The molecule has 1 fully saturated rings. The molecule has 1 saturated heterocycles. The minimum absolute atomic E-state index is 0.0308. The van der Waals surface area contributed by atoms with E-state index in [-0.39, 0.29) is 23.2 Å². The summed E-state index contributed by atoms with van der Waals surface area (Å²) >= 11 is 1.68. The lowest BCUT2D eigenvalue weighted by molar-refractivity contribution is -0.120. The first-order valence-corrected chi connectivity index (χ1v) is 8.31. The first kappa shape index (κ1) is 16.5. The van der Waals surface area contributed by atoms with Crippen LogP contribution in [0.4, 0.5) is 0 Å². The third-order valence-corrected chi connectivity index (χ3v) is 5.02. The van der Waals surface area contributed by atoms with Crippen LogP contribution < -0.4 is 10.6 Å². The van der Waals surface area contributed by atoms with Gasteiger partial charge in [-0.2, -0.15) is 0 Å². The standard InChI is InChI=1S/C16H26N2O2S/c1-11-6-7-21-12(11)9-18-14(19)10-17-13-8-15(2,3)20-16(13,4)5/h6-7,13,17H,8-10H2,1-5H3,(H,18,19)/t13-/m0/s1. The second-order valence-corrected chi connectivity index (χ2v) is 7.91. The van der Waals surface area contributed by atoms with E-state index < -0.39 is 0 Å². The van der Waals surface area contributed by atoms with Gasteiger partial charge in [-0.1, -0.05) is 0 Å². The summed E-state index contributed by atoms with van der Waals surface area (Å²) in [5.74, 6) is 0.0308. The molecule has 0 saturated carbocycles. The first-order chi connectivity index (χ1) is 9.70. The average molecular weight is 310 g/mol. The van der Waals surface area contributed by atoms with Crippen LogP contribution in [-0.4, -0.2) is 29.7 Å². The number of aryl methyl sites for hydroxylation is 1. The van der Waals surface area contributed by atoms with Gasteiger partial charge in [-0.25, -0.2) is 0 Å². The Kier molecular flexibility index (Phi) is 4.76. The van der Waals surface area contributed by atoms with Gasteiger partial charge in [0.25, 0.3) is 0 Å². The lowest BCUT2D eigenvalue weighted by Gasteiger charge is -2.27. The van der Waals surface area contributed by atoms with Crippen molar-refractivity contribution >= 4 is 17.2 Å². The predicted octanol–water partition coefficient (Wildman–Crippen LogP) is 2.61. The Balaban J connectivity index is 1.78. The fourth-order valence-corrected chi connectivity index (χ4v) is 3.77. The Bertz CT molecular complexity index is 508. The lowest BCUT2D eigenvalue weighted by Crippen LogP contribution is -2.47. The minimum atomic E-state index is -0.242. The summed E-state index contributed by atoms with van der Waals surface area (Å²) < 4.78 is 6.02. The number of thiophene rings is 1. The summed E-state index contributed by atoms with van der Waals surface area (Å²) in [5, 5.41) is 8.36. The molecule has 0 bridgehead atoms. The highest BCUT2D eigenvalue weighted by molar-refractivity contribution is 7.10. The van der Waals surface area contributed by atoms with Crippen molar-refractivity contribution in [2.45, 2.75) is 64.8 Å².